The van der Waals surface area contributed by atoms with E-state index in [0.29, 0.717) is 5.56 Å². The minimum absolute atomic E-state index is 0.321. The lowest BCUT2D eigenvalue weighted by Crippen LogP contribution is -1.94. The molecule has 0 aliphatic heterocycles. The number of aromatic nitrogens is 2. The number of nitrogens with zero attached hydrogens (tertiary/aromatic N) is 1. The summed E-state index contributed by atoms with van der Waals surface area (Å²) in [7, 11) is 0. The van der Waals surface area contributed by atoms with Gasteiger partial charge in [-0.15, -0.1) is 0 Å². The first-order chi connectivity index (χ1) is 13.2. The number of carboxylic acids is 1. The van der Waals surface area contributed by atoms with Crippen molar-refractivity contribution in [2.45, 2.75) is 0 Å². The van der Waals surface area contributed by atoms with Gasteiger partial charge in [-0.05, 0) is 53.9 Å². The Labute approximate surface area is 156 Å². The van der Waals surface area contributed by atoms with Gasteiger partial charge in [-0.3, -0.25) is 0 Å². The van der Waals surface area contributed by atoms with Crippen LogP contribution < -0.4 is 0 Å². The van der Waals surface area contributed by atoms with E-state index in [1.165, 1.54) is 16.6 Å². The molecular formula is C23H18N2O2. The van der Waals surface area contributed by atoms with Gasteiger partial charge in [0.05, 0.1) is 11.1 Å². The number of benzene rings is 3. The number of carboxylic acid groups (broad SMARTS) is 1. The number of carbonyl (C=O) groups is 1. The molecule has 5 aromatic rings. The molecule has 0 amide bonds. The SMILES string of the molecule is O=C(O)c1ccc2[nH]ccc2c1.c1ccc(-n2ccc3ccccc32)cc1. The summed E-state index contributed by atoms with van der Waals surface area (Å²) in [5, 5.41) is 10.9. The molecule has 2 aromatic heterocycles. The summed E-state index contributed by atoms with van der Waals surface area (Å²) in [6.07, 6.45) is 3.90. The van der Waals surface area contributed by atoms with Crippen LogP contribution in [0, 0.1) is 0 Å². The number of aromatic carboxylic acids is 1. The molecular weight excluding hydrogens is 336 g/mol. The third kappa shape index (κ3) is 3.46. The van der Waals surface area contributed by atoms with Crippen molar-refractivity contribution in [2.24, 2.45) is 0 Å². The molecule has 0 bridgehead atoms. The smallest absolute Gasteiger partial charge is 0.335 e. The number of nitrogens with one attached hydrogen (secondary N) is 1. The zero-order chi connectivity index (χ0) is 18.6. The first-order valence-corrected chi connectivity index (χ1v) is 8.64. The van der Waals surface area contributed by atoms with Crippen LogP contribution in [0.3, 0.4) is 0 Å². The second-order valence-electron chi connectivity index (χ2n) is 6.16. The Bertz CT molecular complexity index is 1200. The van der Waals surface area contributed by atoms with Crippen LogP contribution in [0.15, 0.2) is 97.3 Å². The lowest BCUT2D eigenvalue weighted by molar-refractivity contribution is 0.0697. The summed E-state index contributed by atoms with van der Waals surface area (Å²) in [5.41, 5.74) is 3.74. The summed E-state index contributed by atoms with van der Waals surface area (Å²) < 4.78 is 2.20. The Morgan fingerprint density at radius 2 is 1.59 bits per heavy atom. The summed E-state index contributed by atoms with van der Waals surface area (Å²) >= 11 is 0. The topological polar surface area (TPSA) is 58.0 Å². The van der Waals surface area contributed by atoms with Gasteiger partial charge < -0.3 is 14.7 Å². The number of fused-ring (bicyclic) bond motifs is 2. The number of H-pyrrole nitrogens is 1. The monoisotopic (exact) mass is 354 g/mol. The molecule has 0 aliphatic rings. The molecule has 5 rings (SSSR count). The van der Waals surface area contributed by atoms with Gasteiger partial charge in [-0.25, -0.2) is 4.79 Å². The van der Waals surface area contributed by atoms with Gasteiger partial charge in [0.25, 0.3) is 0 Å². The Hall–Kier alpha value is -3.79. The Morgan fingerprint density at radius 3 is 2.41 bits per heavy atom. The van der Waals surface area contributed by atoms with Gasteiger partial charge in [0.1, 0.15) is 0 Å². The fourth-order valence-corrected chi connectivity index (χ4v) is 3.08. The maximum Gasteiger partial charge on any atom is 0.335 e. The van der Waals surface area contributed by atoms with E-state index in [-0.39, 0.29) is 0 Å². The normalized spacial score (nSPS) is 10.5. The predicted octanol–water partition coefficient (Wildman–Crippen LogP) is 5.50. The van der Waals surface area contributed by atoms with Crippen LogP contribution >= 0.6 is 0 Å². The second-order valence-corrected chi connectivity index (χ2v) is 6.16. The van der Waals surface area contributed by atoms with Crippen molar-refractivity contribution in [1.29, 1.82) is 0 Å². The Morgan fingerprint density at radius 1 is 0.815 bits per heavy atom. The lowest BCUT2D eigenvalue weighted by atomic mass is 10.1. The first-order valence-electron chi connectivity index (χ1n) is 8.64. The minimum Gasteiger partial charge on any atom is -0.478 e. The molecule has 0 spiro atoms. The first kappa shape index (κ1) is 16.7. The van der Waals surface area contributed by atoms with Crippen molar-refractivity contribution in [3.63, 3.8) is 0 Å². The number of para-hydroxylation sites is 2. The molecule has 3 aromatic carbocycles. The highest BCUT2D eigenvalue weighted by atomic mass is 16.4. The Balaban J connectivity index is 0.000000137. The molecule has 0 unspecified atom stereocenters. The highest BCUT2D eigenvalue weighted by Gasteiger charge is 2.03. The maximum absolute atomic E-state index is 10.6. The number of hydrogen-bond donors (Lipinski definition) is 2. The van der Waals surface area contributed by atoms with Crippen molar-refractivity contribution in [2.75, 3.05) is 0 Å². The van der Waals surface area contributed by atoms with E-state index in [1.807, 2.05) is 12.1 Å². The highest BCUT2D eigenvalue weighted by Crippen LogP contribution is 2.19. The third-order valence-corrected chi connectivity index (χ3v) is 4.43. The van der Waals surface area contributed by atoms with Crippen LogP contribution in [0.1, 0.15) is 10.4 Å². The van der Waals surface area contributed by atoms with E-state index < -0.39 is 5.97 Å². The van der Waals surface area contributed by atoms with E-state index in [9.17, 15) is 4.79 Å². The second kappa shape index (κ2) is 7.22. The molecule has 0 atom stereocenters. The molecule has 27 heavy (non-hydrogen) atoms. The number of rotatable bonds is 2. The van der Waals surface area contributed by atoms with Crippen molar-refractivity contribution < 1.29 is 9.90 Å². The summed E-state index contributed by atoms with van der Waals surface area (Å²) in [6.45, 7) is 0. The van der Waals surface area contributed by atoms with Crippen LogP contribution in [0.4, 0.5) is 0 Å². The van der Waals surface area contributed by atoms with Crippen molar-refractivity contribution >= 4 is 27.8 Å². The molecule has 132 valence electrons. The van der Waals surface area contributed by atoms with Gasteiger partial charge in [0.15, 0.2) is 0 Å². The maximum atomic E-state index is 10.6. The number of aromatic amines is 1. The zero-order valence-electron chi connectivity index (χ0n) is 14.5. The van der Waals surface area contributed by atoms with E-state index in [4.69, 9.17) is 5.11 Å². The molecule has 4 nitrogen and oxygen atoms in total. The van der Waals surface area contributed by atoms with Crippen molar-refractivity contribution in [3.8, 4) is 5.69 Å². The minimum atomic E-state index is -0.891. The largest absolute Gasteiger partial charge is 0.478 e. The van der Waals surface area contributed by atoms with Crippen LogP contribution in [-0.4, -0.2) is 20.6 Å². The fraction of sp³-hybridized carbons (Fsp3) is 0. The van der Waals surface area contributed by atoms with Gasteiger partial charge in [-0.1, -0.05) is 36.4 Å². The van der Waals surface area contributed by atoms with Gasteiger partial charge in [0, 0.05) is 29.0 Å². The third-order valence-electron chi connectivity index (χ3n) is 4.43. The average Bonchev–Trinajstić information content (AvgIpc) is 3.35. The van der Waals surface area contributed by atoms with Crippen LogP contribution in [-0.2, 0) is 0 Å². The van der Waals surface area contributed by atoms with Gasteiger partial charge >= 0.3 is 5.97 Å². The summed E-state index contributed by atoms with van der Waals surface area (Å²) in [5.74, 6) is -0.891. The summed E-state index contributed by atoms with van der Waals surface area (Å²) in [4.78, 5) is 13.5. The van der Waals surface area contributed by atoms with Crippen LogP contribution in [0.5, 0.6) is 0 Å². The zero-order valence-corrected chi connectivity index (χ0v) is 14.5. The standard InChI is InChI=1S/C14H11N.C9H7NO2/c1-2-7-13(8-3-1)15-11-10-12-6-4-5-9-14(12)15;11-9(12)7-1-2-8-6(5-7)3-4-10-8/h1-11H;1-5,10H,(H,11,12). The van der Waals surface area contributed by atoms with Crippen molar-refractivity contribution in [1.82, 2.24) is 9.55 Å². The molecule has 0 radical (unpaired) electrons. The molecule has 0 saturated heterocycles. The van der Waals surface area contributed by atoms with E-state index in [2.05, 4.69) is 70.3 Å². The molecule has 2 heterocycles. The average molecular weight is 354 g/mol. The van der Waals surface area contributed by atoms with Crippen LogP contribution in [0.2, 0.25) is 0 Å². The van der Waals surface area contributed by atoms with Crippen molar-refractivity contribution in [3.05, 3.63) is 103 Å². The summed E-state index contributed by atoms with van der Waals surface area (Å²) in [6, 6.07) is 27.8. The lowest BCUT2D eigenvalue weighted by Gasteiger charge is -2.04. The number of hydrogen-bond acceptors (Lipinski definition) is 1. The van der Waals surface area contributed by atoms with E-state index in [0.717, 1.165) is 10.9 Å². The fourth-order valence-electron chi connectivity index (χ4n) is 3.08. The molecule has 4 heteroatoms. The molecule has 0 fully saturated rings. The Kier molecular flexibility index (Phi) is 4.45. The van der Waals surface area contributed by atoms with E-state index >= 15 is 0 Å². The van der Waals surface area contributed by atoms with Gasteiger partial charge in [0.2, 0.25) is 0 Å². The van der Waals surface area contributed by atoms with Crippen LogP contribution in [0.25, 0.3) is 27.5 Å². The highest BCUT2D eigenvalue weighted by molar-refractivity contribution is 5.93. The molecule has 0 saturated carbocycles. The van der Waals surface area contributed by atoms with E-state index in [1.54, 1.807) is 24.4 Å². The quantitative estimate of drug-likeness (QED) is 0.440. The predicted molar refractivity (Wildman–Crippen MR) is 109 cm³/mol. The van der Waals surface area contributed by atoms with Gasteiger partial charge in [-0.2, -0.15) is 0 Å². The molecule has 0 aliphatic carbocycles. The molecule has 2 N–H and O–H groups in total.